The smallest absolute Gasteiger partial charge is 0.387 e. The fraction of sp³-hybridized carbons (Fsp3) is 0.304. The van der Waals surface area contributed by atoms with Crippen molar-refractivity contribution in [3.05, 3.63) is 76.6 Å². The van der Waals surface area contributed by atoms with Crippen LogP contribution < -0.4 is 4.74 Å². The van der Waals surface area contributed by atoms with Gasteiger partial charge in [0.2, 0.25) is 0 Å². The SMILES string of the molecule is C=CCCC1CCc2c(ccc(C#Cc3cc(F)c(OC(F)F)c(F)c3)c2F)C1. The van der Waals surface area contributed by atoms with E-state index in [1.165, 1.54) is 0 Å². The highest BCUT2D eigenvalue weighted by molar-refractivity contribution is 5.48. The number of fused-ring (bicyclic) bond motifs is 1. The van der Waals surface area contributed by atoms with E-state index < -0.39 is 29.8 Å². The standard InChI is InChI=1S/C23H19F5O/c1-2-3-4-14-6-10-18-17(11-14)9-8-16(21(18)26)7-5-15-12-19(24)22(20(25)13-15)29-23(27)28/h2,8-9,12-14,23H,1,3-4,6,10-11H2. The normalized spacial score (nSPS) is 15.4. The number of halogens is 5. The summed E-state index contributed by atoms with van der Waals surface area (Å²) in [5.74, 6) is 1.37. The average molecular weight is 406 g/mol. The molecule has 0 radical (unpaired) electrons. The van der Waals surface area contributed by atoms with Crippen LogP contribution in [-0.2, 0) is 12.8 Å². The summed E-state index contributed by atoms with van der Waals surface area (Å²) in [6.07, 6.45) is 6.13. The van der Waals surface area contributed by atoms with Crippen molar-refractivity contribution in [2.75, 3.05) is 0 Å². The Morgan fingerprint density at radius 3 is 2.52 bits per heavy atom. The molecule has 0 N–H and O–H groups in total. The number of hydrogen-bond donors (Lipinski definition) is 0. The fourth-order valence-electron chi connectivity index (χ4n) is 3.55. The van der Waals surface area contributed by atoms with Crippen molar-refractivity contribution in [1.82, 2.24) is 0 Å². The molecule has 0 aromatic heterocycles. The van der Waals surface area contributed by atoms with Crippen molar-refractivity contribution >= 4 is 0 Å². The molecule has 0 amide bonds. The number of allylic oxidation sites excluding steroid dienone is 1. The Morgan fingerprint density at radius 2 is 1.86 bits per heavy atom. The van der Waals surface area contributed by atoms with Crippen molar-refractivity contribution in [2.24, 2.45) is 5.92 Å². The molecule has 0 heterocycles. The van der Waals surface area contributed by atoms with E-state index in [1.54, 1.807) is 6.07 Å². The van der Waals surface area contributed by atoms with Gasteiger partial charge in [-0.2, -0.15) is 8.78 Å². The lowest BCUT2D eigenvalue weighted by Gasteiger charge is -2.25. The van der Waals surface area contributed by atoms with Crippen LogP contribution in [0.3, 0.4) is 0 Å². The monoisotopic (exact) mass is 406 g/mol. The Hall–Kier alpha value is -2.81. The van der Waals surface area contributed by atoms with E-state index in [2.05, 4.69) is 23.2 Å². The lowest BCUT2D eigenvalue weighted by molar-refractivity contribution is -0.0546. The first kappa shape index (κ1) is 20.9. The third-order valence-corrected chi connectivity index (χ3v) is 4.98. The summed E-state index contributed by atoms with van der Waals surface area (Å²) in [6.45, 7) is 0.376. The summed E-state index contributed by atoms with van der Waals surface area (Å²) in [7, 11) is 0. The van der Waals surface area contributed by atoms with E-state index in [1.807, 2.05) is 12.1 Å². The maximum atomic E-state index is 14.8. The predicted molar refractivity (Wildman–Crippen MR) is 100 cm³/mol. The number of hydrogen-bond acceptors (Lipinski definition) is 1. The lowest BCUT2D eigenvalue weighted by atomic mass is 9.81. The van der Waals surface area contributed by atoms with Crippen LogP contribution in [0.2, 0.25) is 0 Å². The van der Waals surface area contributed by atoms with Gasteiger partial charge >= 0.3 is 6.61 Å². The molecule has 1 unspecified atom stereocenters. The summed E-state index contributed by atoms with van der Waals surface area (Å²) in [4.78, 5) is 0. The van der Waals surface area contributed by atoms with Crippen LogP contribution in [0.1, 0.15) is 41.5 Å². The molecule has 6 heteroatoms. The molecule has 0 saturated carbocycles. The van der Waals surface area contributed by atoms with E-state index in [4.69, 9.17) is 0 Å². The molecular formula is C23H19F5O. The van der Waals surface area contributed by atoms with Crippen LogP contribution in [0.15, 0.2) is 36.9 Å². The molecule has 152 valence electrons. The molecule has 3 rings (SSSR count). The van der Waals surface area contributed by atoms with Gasteiger partial charge in [-0.05, 0) is 67.3 Å². The van der Waals surface area contributed by atoms with Crippen LogP contribution >= 0.6 is 0 Å². The van der Waals surface area contributed by atoms with Crippen molar-refractivity contribution in [2.45, 2.75) is 38.7 Å². The molecule has 2 aromatic rings. The molecule has 1 aliphatic carbocycles. The van der Waals surface area contributed by atoms with Gasteiger partial charge in [0.05, 0.1) is 5.56 Å². The highest BCUT2D eigenvalue weighted by atomic mass is 19.3. The third kappa shape index (κ3) is 4.97. The molecular weight excluding hydrogens is 387 g/mol. The minimum absolute atomic E-state index is 0.108. The largest absolute Gasteiger partial charge is 0.429 e. The predicted octanol–water partition coefficient (Wildman–Crippen LogP) is 6.18. The number of benzene rings is 2. The van der Waals surface area contributed by atoms with Crippen LogP contribution in [0.5, 0.6) is 5.75 Å². The molecule has 0 spiro atoms. The van der Waals surface area contributed by atoms with Crippen LogP contribution in [0.25, 0.3) is 0 Å². The van der Waals surface area contributed by atoms with E-state index in [0.29, 0.717) is 17.9 Å². The van der Waals surface area contributed by atoms with Gasteiger partial charge in [-0.25, -0.2) is 13.2 Å². The minimum Gasteiger partial charge on any atom is -0.429 e. The van der Waals surface area contributed by atoms with Gasteiger partial charge in [-0.3, -0.25) is 0 Å². The average Bonchev–Trinajstić information content (AvgIpc) is 2.68. The third-order valence-electron chi connectivity index (χ3n) is 4.98. The zero-order chi connectivity index (χ0) is 21.0. The zero-order valence-corrected chi connectivity index (χ0v) is 15.6. The molecule has 1 atom stereocenters. The van der Waals surface area contributed by atoms with E-state index in [0.717, 1.165) is 43.4 Å². The zero-order valence-electron chi connectivity index (χ0n) is 15.6. The van der Waals surface area contributed by atoms with E-state index >= 15 is 0 Å². The van der Waals surface area contributed by atoms with Crippen molar-refractivity contribution in [1.29, 1.82) is 0 Å². The topological polar surface area (TPSA) is 9.23 Å². The summed E-state index contributed by atoms with van der Waals surface area (Å²) < 4.78 is 70.6. The van der Waals surface area contributed by atoms with Crippen LogP contribution in [-0.4, -0.2) is 6.61 Å². The van der Waals surface area contributed by atoms with E-state index in [-0.39, 0.29) is 11.1 Å². The Labute approximate surface area is 166 Å². The van der Waals surface area contributed by atoms with Crippen molar-refractivity contribution in [3.8, 4) is 17.6 Å². The molecule has 0 bridgehead atoms. The van der Waals surface area contributed by atoms with Gasteiger partial charge in [0.15, 0.2) is 17.4 Å². The summed E-state index contributed by atoms with van der Waals surface area (Å²) in [5.41, 5.74) is 1.61. The van der Waals surface area contributed by atoms with Crippen molar-refractivity contribution in [3.63, 3.8) is 0 Å². The van der Waals surface area contributed by atoms with Crippen LogP contribution in [0, 0.1) is 35.2 Å². The van der Waals surface area contributed by atoms with Gasteiger partial charge in [0.25, 0.3) is 0 Å². The Bertz CT molecular complexity index is 948. The van der Waals surface area contributed by atoms with E-state index in [9.17, 15) is 22.0 Å². The lowest BCUT2D eigenvalue weighted by Crippen LogP contribution is -2.16. The van der Waals surface area contributed by atoms with Gasteiger partial charge in [0, 0.05) is 5.56 Å². The molecule has 1 aliphatic rings. The Balaban J connectivity index is 1.82. The van der Waals surface area contributed by atoms with Gasteiger partial charge in [-0.15, -0.1) is 6.58 Å². The second-order valence-corrected chi connectivity index (χ2v) is 6.94. The minimum atomic E-state index is -3.35. The summed E-state index contributed by atoms with van der Waals surface area (Å²) in [5, 5.41) is 0. The second-order valence-electron chi connectivity index (χ2n) is 6.94. The number of alkyl halides is 2. The second kappa shape index (κ2) is 9.13. The molecule has 0 aliphatic heterocycles. The Kier molecular flexibility index (Phi) is 6.58. The maximum absolute atomic E-state index is 14.8. The molecule has 29 heavy (non-hydrogen) atoms. The van der Waals surface area contributed by atoms with Crippen molar-refractivity contribution < 1.29 is 26.7 Å². The molecule has 0 fully saturated rings. The van der Waals surface area contributed by atoms with Gasteiger partial charge in [0.1, 0.15) is 5.82 Å². The molecule has 1 nitrogen and oxygen atoms in total. The van der Waals surface area contributed by atoms with Crippen LogP contribution in [0.4, 0.5) is 22.0 Å². The fourth-order valence-corrected chi connectivity index (χ4v) is 3.55. The molecule has 2 aromatic carbocycles. The molecule has 0 saturated heterocycles. The summed E-state index contributed by atoms with van der Waals surface area (Å²) in [6, 6.07) is 4.93. The highest BCUT2D eigenvalue weighted by Crippen LogP contribution is 2.31. The maximum Gasteiger partial charge on any atom is 0.387 e. The first-order valence-corrected chi connectivity index (χ1v) is 9.26. The first-order valence-electron chi connectivity index (χ1n) is 9.26. The van der Waals surface area contributed by atoms with Gasteiger partial charge in [-0.1, -0.05) is 24.0 Å². The summed E-state index contributed by atoms with van der Waals surface area (Å²) >= 11 is 0. The number of ether oxygens (including phenoxy) is 1. The van der Waals surface area contributed by atoms with Gasteiger partial charge < -0.3 is 4.74 Å². The Morgan fingerprint density at radius 1 is 1.14 bits per heavy atom. The number of rotatable bonds is 5. The first-order chi connectivity index (χ1) is 13.9. The quantitative estimate of drug-likeness (QED) is 0.328. The highest BCUT2D eigenvalue weighted by Gasteiger charge is 2.22.